The quantitative estimate of drug-likeness (QED) is 0.260. The Bertz CT molecular complexity index is 166. The van der Waals surface area contributed by atoms with E-state index < -0.39 is 16.6 Å². The summed E-state index contributed by atoms with van der Waals surface area (Å²) in [6.45, 7) is 0. The fourth-order valence-electron chi connectivity index (χ4n) is 0. The maximum absolute atomic E-state index is 8.74. The van der Waals surface area contributed by atoms with E-state index in [0.29, 0.717) is 0 Å². The summed E-state index contributed by atoms with van der Waals surface area (Å²) in [5.41, 5.74) is 0. The van der Waals surface area contributed by atoms with Gasteiger partial charge in [-0.2, -0.15) is 8.42 Å². The Morgan fingerprint density at radius 1 is 1.18 bits per heavy atom. The first-order valence-corrected chi connectivity index (χ1v) is 2.75. The van der Waals surface area contributed by atoms with Gasteiger partial charge in [-0.3, -0.25) is 9.11 Å². The normalized spacial score (nSPS) is 7.45. The summed E-state index contributed by atoms with van der Waals surface area (Å²) in [6.07, 6.45) is -1.83. The fraction of sp³-hybridized carbons (Fsp3) is 0. The van der Waals surface area contributed by atoms with Gasteiger partial charge < -0.3 is 11.6 Å². The zero-order chi connectivity index (χ0) is 8.08. The van der Waals surface area contributed by atoms with E-state index in [1.165, 1.54) is 0 Å². The average molecular weight is 248 g/mol. The summed E-state index contributed by atoms with van der Waals surface area (Å²) in [5, 5.41) is 13.9. The van der Waals surface area contributed by atoms with E-state index in [2.05, 4.69) is 0 Å². The first-order valence-electron chi connectivity index (χ1n) is 1.35. The smallest absolute Gasteiger partial charge is 1.00 e. The molecule has 0 aromatic rings. The SMILES string of the molecule is O=C(O)O.O=S(=O)(O)O.[Cu].[H-].[Na+]. The summed E-state index contributed by atoms with van der Waals surface area (Å²) in [6, 6.07) is 0. The van der Waals surface area contributed by atoms with Crippen LogP contribution >= 0.6 is 0 Å². The number of hydrogen-bond donors (Lipinski definition) is 4. The Morgan fingerprint density at radius 3 is 1.18 bits per heavy atom. The van der Waals surface area contributed by atoms with E-state index in [9.17, 15) is 0 Å². The Balaban J connectivity index is -0.0000000221. The predicted octanol–water partition coefficient (Wildman–Crippen LogP) is -3.32. The molecule has 0 unspecified atom stereocenters. The second-order valence-corrected chi connectivity index (χ2v) is 1.63. The number of rotatable bonds is 0. The minimum atomic E-state index is -4.67. The van der Waals surface area contributed by atoms with Crippen LogP contribution in [0.5, 0.6) is 0 Å². The van der Waals surface area contributed by atoms with Crippen molar-refractivity contribution < 1.29 is 80.6 Å². The van der Waals surface area contributed by atoms with E-state index in [-0.39, 0.29) is 48.1 Å². The van der Waals surface area contributed by atoms with Gasteiger partial charge in [0.2, 0.25) is 0 Å². The van der Waals surface area contributed by atoms with Crippen molar-refractivity contribution in [3.63, 3.8) is 0 Å². The van der Waals surface area contributed by atoms with Crippen LogP contribution in [0.1, 0.15) is 1.43 Å². The van der Waals surface area contributed by atoms with Crippen molar-refractivity contribution in [3.8, 4) is 0 Å². The Labute approximate surface area is 96.6 Å². The molecule has 0 rings (SSSR count). The maximum Gasteiger partial charge on any atom is 1.00 e. The number of hydrogen-bond acceptors (Lipinski definition) is 3. The minimum absolute atomic E-state index is 0. The number of carbonyl (C=O) groups is 1. The van der Waals surface area contributed by atoms with Gasteiger partial charge in [-0.1, -0.05) is 0 Å². The van der Waals surface area contributed by atoms with E-state index in [1.807, 2.05) is 0 Å². The topological polar surface area (TPSA) is 132 Å². The first kappa shape index (κ1) is 22.6. The van der Waals surface area contributed by atoms with Gasteiger partial charge in [0.1, 0.15) is 0 Å². The molecule has 0 aliphatic rings. The molecule has 11 heavy (non-hydrogen) atoms. The fourth-order valence-corrected chi connectivity index (χ4v) is 0. The summed E-state index contributed by atoms with van der Waals surface area (Å²) in [5.74, 6) is 0. The molecule has 10 heteroatoms. The van der Waals surface area contributed by atoms with Gasteiger partial charge in [-0.05, 0) is 0 Å². The zero-order valence-electron chi connectivity index (χ0n) is 6.22. The van der Waals surface area contributed by atoms with Gasteiger partial charge >= 0.3 is 46.1 Å². The van der Waals surface area contributed by atoms with E-state index in [4.69, 9.17) is 32.5 Å². The van der Waals surface area contributed by atoms with Crippen LogP contribution in [-0.2, 0) is 27.5 Å². The van der Waals surface area contributed by atoms with E-state index >= 15 is 0 Å². The molecule has 7 nitrogen and oxygen atoms in total. The van der Waals surface area contributed by atoms with Gasteiger partial charge in [-0.15, -0.1) is 0 Å². The van der Waals surface area contributed by atoms with Crippen LogP contribution in [0.15, 0.2) is 0 Å². The minimum Gasteiger partial charge on any atom is -1.00 e. The van der Waals surface area contributed by atoms with Gasteiger partial charge in [0.05, 0.1) is 0 Å². The van der Waals surface area contributed by atoms with Crippen molar-refractivity contribution in [2.75, 3.05) is 0 Å². The standard InChI is InChI=1S/CH2O3.Cu.Na.H2O4S.H/c2-1(3)4;;;1-5(2,3)4;/h(H2,2,3,4);;;(H2,1,2,3,4);/q;;+1;;-1. The van der Waals surface area contributed by atoms with Crippen LogP contribution in [0, 0.1) is 0 Å². The van der Waals surface area contributed by atoms with Crippen molar-refractivity contribution in [2.45, 2.75) is 0 Å². The van der Waals surface area contributed by atoms with Crippen LogP contribution in [0.4, 0.5) is 4.79 Å². The van der Waals surface area contributed by atoms with Crippen molar-refractivity contribution in [2.24, 2.45) is 0 Å². The van der Waals surface area contributed by atoms with Crippen molar-refractivity contribution in [3.05, 3.63) is 0 Å². The van der Waals surface area contributed by atoms with Gasteiger partial charge in [0, 0.05) is 17.1 Å². The predicted molar refractivity (Wildman–Crippen MR) is 25.9 cm³/mol. The van der Waals surface area contributed by atoms with Crippen molar-refractivity contribution in [1.82, 2.24) is 0 Å². The van der Waals surface area contributed by atoms with Crippen molar-refractivity contribution in [1.29, 1.82) is 0 Å². The summed E-state index contributed by atoms with van der Waals surface area (Å²) in [7, 11) is -4.67. The van der Waals surface area contributed by atoms with E-state index in [1.54, 1.807) is 0 Å². The third-order valence-corrected chi connectivity index (χ3v) is 0. The Morgan fingerprint density at radius 2 is 1.18 bits per heavy atom. The molecule has 69 valence electrons. The second-order valence-electron chi connectivity index (χ2n) is 0.730. The van der Waals surface area contributed by atoms with Crippen LogP contribution in [0.25, 0.3) is 0 Å². The third-order valence-electron chi connectivity index (χ3n) is 0. The van der Waals surface area contributed by atoms with Gasteiger partial charge in [0.15, 0.2) is 0 Å². The number of carboxylic acid groups (broad SMARTS) is 2. The molecule has 0 amide bonds. The van der Waals surface area contributed by atoms with Crippen LogP contribution in [0.3, 0.4) is 0 Å². The van der Waals surface area contributed by atoms with Crippen LogP contribution < -0.4 is 29.6 Å². The Kier molecular flexibility index (Phi) is 21.9. The van der Waals surface area contributed by atoms with Crippen LogP contribution in [0.2, 0.25) is 0 Å². The molecule has 0 aromatic heterocycles. The molecule has 0 saturated carbocycles. The molecule has 4 N–H and O–H groups in total. The molecule has 1 radical (unpaired) electrons. The largest absolute Gasteiger partial charge is 1.00 e. The summed E-state index contributed by atoms with van der Waals surface area (Å²) in [4.78, 5) is 8.56. The van der Waals surface area contributed by atoms with Crippen molar-refractivity contribution >= 4 is 16.6 Å². The molecule has 0 heterocycles. The maximum atomic E-state index is 8.74. The molecule has 0 fully saturated rings. The molecule has 0 aliphatic heterocycles. The Hall–Kier alpha value is 0.659. The third kappa shape index (κ3) is 1840. The molecular weight excluding hydrogens is 243 g/mol. The molecule has 0 saturated heterocycles. The summed E-state index contributed by atoms with van der Waals surface area (Å²) < 4.78 is 31.6. The van der Waals surface area contributed by atoms with Gasteiger partial charge in [-0.25, -0.2) is 4.79 Å². The second kappa shape index (κ2) is 10.7. The molecular formula is CH5CuNaO7S. The molecule has 0 aliphatic carbocycles. The summed E-state index contributed by atoms with van der Waals surface area (Å²) >= 11 is 0. The monoisotopic (exact) mass is 247 g/mol. The van der Waals surface area contributed by atoms with Crippen LogP contribution in [-0.4, -0.2) is 33.9 Å². The van der Waals surface area contributed by atoms with Gasteiger partial charge in [0.25, 0.3) is 0 Å². The molecule has 0 bridgehead atoms. The average Bonchev–Trinajstić information content (AvgIpc) is 1.19. The zero-order valence-corrected chi connectivity index (χ0v) is 8.98. The first-order chi connectivity index (χ1) is 3.73. The molecule has 0 spiro atoms. The van der Waals surface area contributed by atoms with E-state index in [0.717, 1.165) is 0 Å². The molecule has 0 aromatic carbocycles. The molecule has 0 atom stereocenters.